The molecule has 5 heteroatoms. The smallest absolute Gasteiger partial charge is 0.186 e. The number of ketones is 1. The largest absolute Gasteiger partial charge is 0.366 e. The molecule has 1 saturated heterocycles. The standard InChI is InChI=1S/C15H22N2O2S/c1-14(2)8-17(9-15(3,4)19-14)13-16-12-10(18)6-5-7-11(12)20-13/h5-9H2,1-4H3. The molecule has 0 unspecified atom stereocenters. The van der Waals surface area contributed by atoms with E-state index in [9.17, 15) is 4.79 Å². The Bertz CT molecular complexity index is 532. The third kappa shape index (κ3) is 2.61. The van der Waals surface area contributed by atoms with Gasteiger partial charge in [0.05, 0.1) is 11.2 Å². The van der Waals surface area contributed by atoms with Gasteiger partial charge in [-0.25, -0.2) is 4.98 Å². The van der Waals surface area contributed by atoms with Crippen molar-refractivity contribution >= 4 is 22.3 Å². The van der Waals surface area contributed by atoms with Crippen molar-refractivity contribution in [3.05, 3.63) is 10.6 Å². The van der Waals surface area contributed by atoms with Gasteiger partial charge in [-0.05, 0) is 40.5 Å². The summed E-state index contributed by atoms with van der Waals surface area (Å²) in [7, 11) is 0. The van der Waals surface area contributed by atoms with Crippen LogP contribution in [-0.2, 0) is 11.2 Å². The van der Waals surface area contributed by atoms with Crippen molar-refractivity contribution in [2.45, 2.75) is 58.2 Å². The number of Topliss-reactive ketones (excluding diaryl/α,β-unsaturated/α-hetero) is 1. The first-order chi connectivity index (χ1) is 9.26. The zero-order valence-corrected chi connectivity index (χ0v) is 13.5. The third-order valence-electron chi connectivity index (χ3n) is 3.72. The Kier molecular flexibility index (Phi) is 3.18. The van der Waals surface area contributed by atoms with Crippen LogP contribution >= 0.6 is 11.3 Å². The van der Waals surface area contributed by atoms with E-state index < -0.39 is 0 Å². The van der Waals surface area contributed by atoms with Crippen molar-refractivity contribution in [1.82, 2.24) is 4.98 Å². The maximum absolute atomic E-state index is 11.9. The summed E-state index contributed by atoms with van der Waals surface area (Å²) in [6, 6.07) is 0. The second-order valence-corrected chi connectivity index (χ2v) is 8.08. The molecule has 0 amide bonds. The molecule has 0 radical (unpaired) electrons. The molecule has 3 rings (SSSR count). The van der Waals surface area contributed by atoms with E-state index in [-0.39, 0.29) is 17.0 Å². The van der Waals surface area contributed by atoms with Crippen LogP contribution in [0.15, 0.2) is 0 Å². The van der Waals surface area contributed by atoms with E-state index >= 15 is 0 Å². The van der Waals surface area contributed by atoms with E-state index in [4.69, 9.17) is 4.74 Å². The molecule has 1 aromatic rings. The van der Waals surface area contributed by atoms with Gasteiger partial charge < -0.3 is 9.64 Å². The van der Waals surface area contributed by atoms with Gasteiger partial charge in [0, 0.05) is 24.4 Å². The Labute approximate surface area is 124 Å². The first-order valence-corrected chi connectivity index (χ1v) is 8.05. The van der Waals surface area contributed by atoms with E-state index in [1.54, 1.807) is 11.3 Å². The molecule has 0 saturated carbocycles. The highest BCUT2D eigenvalue weighted by Crippen LogP contribution is 2.36. The van der Waals surface area contributed by atoms with Gasteiger partial charge in [-0.15, -0.1) is 11.3 Å². The molecule has 2 heterocycles. The van der Waals surface area contributed by atoms with Crippen molar-refractivity contribution in [3.63, 3.8) is 0 Å². The van der Waals surface area contributed by atoms with Crippen molar-refractivity contribution in [3.8, 4) is 0 Å². The fraction of sp³-hybridized carbons (Fsp3) is 0.733. The van der Waals surface area contributed by atoms with E-state index in [0.717, 1.165) is 36.8 Å². The topological polar surface area (TPSA) is 42.4 Å². The van der Waals surface area contributed by atoms with Crippen LogP contribution in [0.4, 0.5) is 5.13 Å². The molecule has 1 aliphatic carbocycles. The van der Waals surface area contributed by atoms with E-state index in [1.165, 1.54) is 4.88 Å². The minimum absolute atomic E-state index is 0.196. The summed E-state index contributed by atoms with van der Waals surface area (Å²) in [6.07, 6.45) is 2.61. The predicted octanol–water partition coefficient (Wildman–Crippen LogP) is 3.06. The molecule has 4 nitrogen and oxygen atoms in total. The Morgan fingerprint density at radius 1 is 1.15 bits per heavy atom. The molecule has 20 heavy (non-hydrogen) atoms. The molecule has 0 aromatic carbocycles. The fourth-order valence-corrected chi connectivity index (χ4v) is 4.43. The number of morpholine rings is 1. The molecular weight excluding hydrogens is 272 g/mol. The van der Waals surface area contributed by atoms with Gasteiger partial charge in [0.1, 0.15) is 5.69 Å². The average Bonchev–Trinajstić information content (AvgIpc) is 2.70. The lowest BCUT2D eigenvalue weighted by molar-refractivity contribution is -0.133. The number of ether oxygens (including phenoxy) is 1. The van der Waals surface area contributed by atoms with Gasteiger partial charge in [0.25, 0.3) is 0 Å². The summed E-state index contributed by atoms with van der Waals surface area (Å²) in [5.41, 5.74) is 0.328. The summed E-state index contributed by atoms with van der Waals surface area (Å²) in [6.45, 7) is 10.1. The molecule has 0 N–H and O–H groups in total. The van der Waals surface area contributed by atoms with Crippen molar-refractivity contribution < 1.29 is 9.53 Å². The number of nitrogens with zero attached hydrogens (tertiary/aromatic N) is 2. The monoisotopic (exact) mass is 294 g/mol. The average molecular weight is 294 g/mol. The highest BCUT2D eigenvalue weighted by molar-refractivity contribution is 7.16. The number of rotatable bonds is 1. The molecule has 1 aliphatic heterocycles. The van der Waals surface area contributed by atoms with Crippen LogP contribution in [0.25, 0.3) is 0 Å². The van der Waals surface area contributed by atoms with E-state index in [1.807, 2.05) is 0 Å². The molecule has 0 bridgehead atoms. The van der Waals surface area contributed by atoms with E-state index in [2.05, 4.69) is 37.6 Å². The summed E-state index contributed by atoms with van der Waals surface area (Å²) < 4.78 is 6.10. The zero-order valence-electron chi connectivity index (χ0n) is 12.7. The zero-order chi connectivity index (χ0) is 14.5. The van der Waals surface area contributed by atoms with Crippen molar-refractivity contribution in [2.24, 2.45) is 0 Å². The van der Waals surface area contributed by atoms with Gasteiger partial charge in [-0.2, -0.15) is 0 Å². The van der Waals surface area contributed by atoms with Gasteiger partial charge in [0.2, 0.25) is 0 Å². The lowest BCUT2D eigenvalue weighted by Gasteiger charge is -2.47. The lowest BCUT2D eigenvalue weighted by Crippen LogP contribution is -2.57. The van der Waals surface area contributed by atoms with Crippen LogP contribution in [-0.4, -0.2) is 35.1 Å². The fourth-order valence-electron chi connectivity index (χ4n) is 3.31. The van der Waals surface area contributed by atoms with Gasteiger partial charge in [-0.1, -0.05) is 0 Å². The number of carbonyl (C=O) groups excluding carboxylic acids is 1. The van der Waals surface area contributed by atoms with Crippen molar-refractivity contribution in [1.29, 1.82) is 0 Å². The molecule has 110 valence electrons. The highest BCUT2D eigenvalue weighted by atomic mass is 32.1. The number of aromatic nitrogens is 1. The summed E-state index contributed by atoms with van der Waals surface area (Å²) in [5, 5.41) is 0.981. The van der Waals surface area contributed by atoms with Crippen LogP contribution in [0.5, 0.6) is 0 Å². The molecule has 2 aliphatic rings. The second kappa shape index (κ2) is 4.53. The number of hydrogen-bond donors (Lipinski definition) is 0. The van der Waals surface area contributed by atoms with Crippen LogP contribution in [0.1, 0.15) is 55.9 Å². The third-order valence-corrected chi connectivity index (χ3v) is 4.90. The van der Waals surface area contributed by atoms with Crippen LogP contribution in [0.3, 0.4) is 0 Å². The number of thiazole rings is 1. The van der Waals surface area contributed by atoms with Crippen LogP contribution in [0, 0.1) is 0 Å². The predicted molar refractivity (Wildman–Crippen MR) is 80.8 cm³/mol. The van der Waals surface area contributed by atoms with Gasteiger partial charge >= 0.3 is 0 Å². The summed E-state index contributed by atoms with van der Waals surface area (Å²) in [4.78, 5) is 20.0. The Balaban J connectivity index is 1.91. The maximum atomic E-state index is 11.9. The number of hydrogen-bond acceptors (Lipinski definition) is 5. The molecule has 1 aromatic heterocycles. The number of carbonyl (C=O) groups is 1. The second-order valence-electron chi connectivity index (χ2n) is 7.02. The number of fused-ring (bicyclic) bond motifs is 1. The van der Waals surface area contributed by atoms with Crippen LogP contribution in [0.2, 0.25) is 0 Å². The Morgan fingerprint density at radius 3 is 2.40 bits per heavy atom. The minimum atomic E-state index is -0.196. The molecule has 1 fully saturated rings. The minimum Gasteiger partial charge on any atom is -0.366 e. The SMILES string of the molecule is CC1(C)CN(c2nc3c(s2)CCCC3=O)CC(C)(C)O1. The molecule has 0 atom stereocenters. The lowest BCUT2D eigenvalue weighted by atomic mass is 9.99. The normalized spacial score (nSPS) is 24.6. The van der Waals surface area contributed by atoms with Gasteiger partial charge in [-0.3, -0.25) is 4.79 Å². The number of aryl methyl sites for hydroxylation is 1. The quantitative estimate of drug-likeness (QED) is 0.798. The number of anilines is 1. The maximum Gasteiger partial charge on any atom is 0.186 e. The molecular formula is C15H22N2O2S. The van der Waals surface area contributed by atoms with Crippen molar-refractivity contribution in [2.75, 3.05) is 18.0 Å². The highest BCUT2D eigenvalue weighted by Gasteiger charge is 2.39. The molecule has 0 spiro atoms. The van der Waals surface area contributed by atoms with Crippen LogP contribution < -0.4 is 4.90 Å². The van der Waals surface area contributed by atoms with E-state index in [0.29, 0.717) is 6.42 Å². The Morgan fingerprint density at radius 2 is 1.80 bits per heavy atom. The summed E-state index contributed by atoms with van der Waals surface area (Å²) >= 11 is 1.69. The summed E-state index contributed by atoms with van der Waals surface area (Å²) in [5.74, 6) is 0.209. The van der Waals surface area contributed by atoms with Gasteiger partial charge in [0.15, 0.2) is 10.9 Å². The Hall–Kier alpha value is -0.940. The first-order valence-electron chi connectivity index (χ1n) is 7.24. The first kappa shape index (κ1) is 14.0.